The van der Waals surface area contributed by atoms with Gasteiger partial charge in [-0.2, -0.15) is 0 Å². The van der Waals surface area contributed by atoms with Gasteiger partial charge in [0.2, 0.25) is 0 Å². The number of fused-ring (bicyclic) bond motifs is 7. The molecule has 7 heteroatoms. The number of pyridine rings is 1. The fourth-order valence-electron chi connectivity index (χ4n) is 13.3. The van der Waals surface area contributed by atoms with Crippen LogP contribution in [-0.4, -0.2) is 39.2 Å². The zero-order valence-corrected chi connectivity index (χ0v) is 30.7. The zero-order chi connectivity index (χ0) is 35.2. The Morgan fingerprint density at radius 3 is 2.27 bits per heavy atom. The number of nitrogens with zero attached hydrogens (tertiary/aromatic N) is 1. The first kappa shape index (κ1) is 35.1. The van der Waals surface area contributed by atoms with Crippen molar-refractivity contribution in [2.75, 3.05) is 0 Å². The molecule has 48 heavy (non-hydrogen) atoms. The standard InChI is InChI=1S/C41H59NO6/c1-24(2)25-14-19-41(33-26(34(44)45)11-10-22-42-33)21-20-39(8)27(32(25)41)12-13-29-38(7)17-16-30(48-31(43)23-36(3,4)35(46)47)37(5,6)28(38)15-18-40(29,39)9/h10-11,22,25,27-30,32H,1,12-21,23H2,2-9H3,(H,44,45)(H,46,47)/t25-,27?,28?,29?,30-,32?,38-,39+,40+,41?/m0/s1. The molecule has 1 heterocycles. The van der Waals surface area contributed by atoms with Crippen LogP contribution in [0.25, 0.3) is 0 Å². The van der Waals surface area contributed by atoms with Crippen molar-refractivity contribution in [2.45, 2.75) is 138 Å². The molecule has 1 aromatic rings. The summed E-state index contributed by atoms with van der Waals surface area (Å²) in [7, 11) is 0. The topological polar surface area (TPSA) is 114 Å². The van der Waals surface area contributed by atoms with Crippen molar-refractivity contribution < 1.29 is 29.3 Å². The van der Waals surface area contributed by atoms with Crippen molar-refractivity contribution >= 4 is 17.9 Å². The summed E-state index contributed by atoms with van der Waals surface area (Å²) < 4.78 is 6.16. The van der Waals surface area contributed by atoms with E-state index in [4.69, 9.17) is 9.72 Å². The molecule has 0 radical (unpaired) electrons. The molecule has 0 spiro atoms. The molecule has 6 rings (SSSR count). The molecule has 0 bridgehead atoms. The number of carboxylic acids is 2. The number of carbonyl (C=O) groups is 3. The number of aliphatic carboxylic acids is 1. The van der Waals surface area contributed by atoms with Crippen molar-refractivity contribution in [3.63, 3.8) is 0 Å². The van der Waals surface area contributed by atoms with Gasteiger partial charge in [-0.25, -0.2) is 4.79 Å². The van der Waals surface area contributed by atoms with Gasteiger partial charge in [0.1, 0.15) is 6.10 Å². The van der Waals surface area contributed by atoms with Crippen molar-refractivity contribution in [1.29, 1.82) is 0 Å². The van der Waals surface area contributed by atoms with Crippen LogP contribution in [0.5, 0.6) is 0 Å². The molecule has 7 nitrogen and oxygen atoms in total. The summed E-state index contributed by atoms with van der Waals surface area (Å²) in [5.74, 6) is -0.198. The average molecular weight is 662 g/mol. The fourth-order valence-corrected chi connectivity index (χ4v) is 13.3. The second-order valence-electron chi connectivity index (χ2n) is 18.8. The molecule has 264 valence electrons. The van der Waals surface area contributed by atoms with Gasteiger partial charge in [-0.05, 0) is 143 Å². The molecule has 0 aliphatic heterocycles. The third kappa shape index (κ3) is 4.86. The molecule has 5 aliphatic rings. The number of ether oxygens (including phenoxy) is 1. The van der Waals surface area contributed by atoms with E-state index in [1.807, 2.05) is 0 Å². The highest BCUT2D eigenvalue weighted by molar-refractivity contribution is 5.89. The Morgan fingerprint density at radius 1 is 0.917 bits per heavy atom. The van der Waals surface area contributed by atoms with E-state index in [1.165, 1.54) is 5.57 Å². The number of carboxylic acid groups (broad SMARTS) is 2. The number of esters is 1. The maximum atomic E-state index is 13.1. The molecule has 10 atom stereocenters. The minimum absolute atomic E-state index is 0.100. The van der Waals surface area contributed by atoms with E-state index in [2.05, 4.69) is 48.1 Å². The Balaban J connectivity index is 1.32. The Kier molecular flexibility index (Phi) is 8.36. The molecule has 0 saturated heterocycles. The number of hydrogen-bond donors (Lipinski definition) is 2. The number of allylic oxidation sites excluding steroid dienone is 1. The Morgan fingerprint density at radius 2 is 1.62 bits per heavy atom. The predicted octanol–water partition coefficient (Wildman–Crippen LogP) is 9.10. The summed E-state index contributed by atoms with van der Waals surface area (Å²) in [6, 6.07) is 3.51. The summed E-state index contributed by atoms with van der Waals surface area (Å²) in [4.78, 5) is 42.2. The second kappa shape index (κ2) is 11.4. The monoisotopic (exact) mass is 661 g/mol. The van der Waals surface area contributed by atoms with Crippen molar-refractivity contribution in [3.05, 3.63) is 41.7 Å². The number of rotatable bonds is 7. The summed E-state index contributed by atoms with van der Waals surface area (Å²) in [6.45, 7) is 22.1. The largest absolute Gasteiger partial charge is 0.481 e. The number of hydrogen-bond acceptors (Lipinski definition) is 5. The van der Waals surface area contributed by atoms with Crippen LogP contribution in [-0.2, 0) is 19.7 Å². The fraction of sp³-hybridized carbons (Fsp3) is 0.756. The molecule has 5 unspecified atom stereocenters. The molecule has 5 saturated carbocycles. The maximum Gasteiger partial charge on any atom is 0.337 e. The summed E-state index contributed by atoms with van der Waals surface area (Å²) in [5.41, 5.74) is 1.10. The Labute approximate surface area is 287 Å². The van der Waals surface area contributed by atoms with Crippen molar-refractivity contribution in [3.8, 4) is 0 Å². The summed E-state index contributed by atoms with van der Waals surface area (Å²) >= 11 is 0. The lowest BCUT2D eigenvalue weighted by Crippen LogP contribution is -2.67. The number of aromatic carboxylic acids is 1. The van der Waals surface area contributed by atoms with E-state index in [-0.39, 0.29) is 39.6 Å². The van der Waals surface area contributed by atoms with E-state index in [9.17, 15) is 24.6 Å². The SMILES string of the molecule is C=C(C)[C@@H]1CCC2(c3ncccc3C(=O)O)CC[C@]3(C)C(CCC4[C@@]5(C)CC[C@H](OC(=O)CC(C)(C)C(=O)O)C(C)(C)C5CC[C@]43C)C12. The molecular weight excluding hydrogens is 602 g/mol. The summed E-state index contributed by atoms with van der Waals surface area (Å²) in [5, 5.41) is 19.9. The van der Waals surface area contributed by atoms with Crippen LogP contribution in [0.2, 0.25) is 0 Å². The normalized spacial score (nSPS) is 41.6. The zero-order valence-electron chi connectivity index (χ0n) is 30.7. The molecule has 1 aromatic heterocycles. The van der Waals surface area contributed by atoms with Crippen LogP contribution in [0.1, 0.15) is 142 Å². The highest BCUT2D eigenvalue weighted by atomic mass is 16.5. The van der Waals surface area contributed by atoms with Gasteiger partial charge in [0.05, 0.1) is 23.1 Å². The van der Waals surface area contributed by atoms with Gasteiger partial charge in [-0.3, -0.25) is 14.6 Å². The van der Waals surface area contributed by atoms with Gasteiger partial charge >= 0.3 is 17.9 Å². The Bertz CT molecular complexity index is 1510. The first-order valence-corrected chi connectivity index (χ1v) is 18.5. The predicted molar refractivity (Wildman–Crippen MR) is 185 cm³/mol. The quantitative estimate of drug-likeness (QED) is 0.221. The van der Waals surface area contributed by atoms with Crippen LogP contribution < -0.4 is 0 Å². The highest BCUT2D eigenvalue weighted by Crippen LogP contribution is 2.77. The van der Waals surface area contributed by atoms with Crippen LogP contribution in [0.4, 0.5) is 0 Å². The summed E-state index contributed by atoms with van der Waals surface area (Å²) in [6.07, 6.45) is 11.8. The van der Waals surface area contributed by atoms with Crippen LogP contribution in [0.15, 0.2) is 30.5 Å². The lowest BCUT2D eigenvalue weighted by Gasteiger charge is -2.73. The molecular formula is C41H59NO6. The van der Waals surface area contributed by atoms with Gasteiger partial charge in [0, 0.05) is 17.0 Å². The second-order valence-corrected chi connectivity index (χ2v) is 18.8. The molecule has 0 aromatic carbocycles. The Hall–Kier alpha value is -2.70. The highest BCUT2D eigenvalue weighted by Gasteiger charge is 2.71. The van der Waals surface area contributed by atoms with Crippen molar-refractivity contribution in [1.82, 2.24) is 4.98 Å². The minimum Gasteiger partial charge on any atom is -0.481 e. The van der Waals surface area contributed by atoms with Gasteiger partial charge in [-0.1, -0.05) is 46.8 Å². The minimum atomic E-state index is -1.16. The lowest BCUT2D eigenvalue weighted by atomic mass is 9.32. The molecule has 2 N–H and O–H groups in total. The van der Waals surface area contributed by atoms with E-state index < -0.39 is 23.3 Å². The third-order valence-corrected chi connectivity index (χ3v) is 16.0. The number of aromatic nitrogens is 1. The van der Waals surface area contributed by atoms with Gasteiger partial charge < -0.3 is 14.9 Å². The van der Waals surface area contributed by atoms with E-state index >= 15 is 0 Å². The van der Waals surface area contributed by atoms with E-state index in [0.717, 1.165) is 69.9 Å². The first-order valence-electron chi connectivity index (χ1n) is 18.5. The number of carbonyl (C=O) groups excluding carboxylic acids is 1. The molecule has 0 amide bonds. The maximum absolute atomic E-state index is 13.1. The average Bonchev–Trinajstić information content (AvgIpc) is 3.40. The van der Waals surface area contributed by atoms with Crippen LogP contribution in [0.3, 0.4) is 0 Å². The smallest absolute Gasteiger partial charge is 0.337 e. The van der Waals surface area contributed by atoms with Crippen molar-refractivity contribution in [2.24, 2.45) is 56.7 Å². The first-order chi connectivity index (χ1) is 22.3. The van der Waals surface area contributed by atoms with Crippen LogP contribution >= 0.6 is 0 Å². The van der Waals surface area contributed by atoms with E-state index in [1.54, 1.807) is 32.2 Å². The van der Waals surface area contributed by atoms with Gasteiger partial charge in [-0.15, -0.1) is 0 Å². The molecule has 5 fully saturated rings. The van der Waals surface area contributed by atoms with Gasteiger partial charge in [0.25, 0.3) is 0 Å². The lowest BCUT2D eigenvalue weighted by molar-refractivity contribution is -0.246. The molecule has 5 aliphatic carbocycles. The van der Waals surface area contributed by atoms with Crippen LogP contribution in [0, 0.1) is 56.7 Å². The van der Waals surface area contributed by atoms with E-state index in [0.29, 0.717) is 35.2 Å². The van der Waals surface area contributed by atoms with Gasteiger partial charge in [0.15, 0.2) is 0 Å². The third-order valence-electron chi connectivity index (χ3n) is 16.0.